The summed E-state index contributed by atoms with van der Waals surface area (Å²) in [6.45, 7) is 1.40. The smallest absolute Gasteiger partial charge is 0.0969 e. The van der Waals surface area contributed by atoms with Gasteiger partial charge in [-0.25, -0.2) is 4.68 Å². The van der Waals surface area contributed by atoms with Gasteiger partial charge in [0, 0.05) is 19.7 Å². The zero-order valence-electron chi connectivity index (χ0n) is 11.0. The van der Waals surface area contributed by atoms with Gasteiger partial charge >= 0.3 is 0 Å². The van der Waals surface area contributed by atoms with Gasteiger partial charge in [-0.05, 0) is 30.5 Å². The fraction of sp³-hybridized carbons (Fsp3) is 0.429. The first-order valence-electron chi connectivity index (χ1n) is 6.58. The molecule has 1 aliphatic carbocycles. The molecule has 2 aromatic rings. The largest absolute Gasteiger partial charge is 0.380 e. The van der Waals surface area contributed by atoms with Gasteiger partial charge < -0.3 is 10.1 Å². The highest BCUT2D eigenvalue weighted by atomic mass is 16.5. The standard InChI is InChI=1S/C14H18N4O/c1-19-10-11-3-2-4-14(7-11)18-9-13(16-17-18)8-15-12-5-6-12/h2-4,7,9,12,15H,5-6,8,10H2,1H3. The molecule has 100 valence electrons. The van der Waals surface area contributed by atoms with Crippen LogP contribution in [0.4, 0.5) is 0 Å². The Morgan fingerprint density at radius 3 is 3.11 bits per heavy atom. The maximum Gasteiger partial charge on any atom is 0.0969 e. The van der Waals surface area contributed by atoms with Crippen molar-refractivity contribution in [1.82, 2.24) is 20.3 Å². The lowest BCUT2D eigenvalue weighted by atomic mass is 10.2. The molecule has 0 amide bonds. The summed E-state index contributed by atoms with van der Waals surface area (Å²) in [5, 5.41) is 11.8. The molecule has 0 radical (unpaired) electrons. The Hall–Kier alpha value is -1.72. The second-order valence-corrected chi connectivity index (χ2v) is 4.91. The predicted octanol–water partition coefficient (Wildman–Crippen LogP) is 1.67. The van der Waals surface area contributed by atoms with Crippen LogP contribution in [0.2, 0.25) is 0 Å². The lowest BCUT2D eigenvalue weighted by Gasteiger charge is -2.03. The van der Waals surface area contributed by atoms with Crippen LogP contribution in [0.3, 0.4) is 0 Å². The summed E-state index contributed by atoms with van der Waals surface area (Å²) in [6, 6.07) is 8.82. The fourth-order valence-electron chi connectivity index (χ4n) is 2.00. The molecular weight excluding hydrogens is 240 g/mol. The molecule has 19 heavy (non-hydrogen) atoms. The molecule has 5 nitrogen and oxygen atoms in total. The van der Waals surface area contributed by atoms with E-state index in [9.17, 15) is 0 Å². The van der Waals surface area contributed by atoms with Crippen LogP contribution in [0.1, 0.15) is 24.1 Å². The van der Waals surface area contributed by atoms with Crippen molar-refractivity contribution in [3.63, 3.8) is 0 Å². The number of nitrogens with one attached hydrogen (secondary N) is 1. The number of nitrogens with zero attached hydrogens (tertiary/aromatic N) is 3. The highest BCUT2D eigenvalue weighted by Crippen LogP contribution is 2.19. The molecule has 0 aliphatic heterocycles. The first-order valence-corrected chi connectivity index (χ1v) is 6.58. The Balaban J connectivity index is 1.71. The van der Waals surface area contributed by atoms with E-state index in [0.717, 1.165) is 23.5 Å². The minimum atomic E-state index is 0.610. The molecule has 5 heteroatoms. The van der Waals surface area contributed by atoms with Gasteiger partial charge in [0.25, 0.3) is 0 Å². The number of rotatable bonds is 6. The Bertz CT molecular complexity index is 548. The molecule has 0 atom stereocenters. The van der Waals surface area contributed by atoms with Gasteiger partial charge in [-0.1, -0.05) is 17.3 Å². The van der Waals surface area contributed by atoms with Gasteiger partial charge in [0.2, 0.25) is 0 Å². The van der Waals surface area contributed by atoms with Crippen molar-refractivity contribution in [2.75, 3.05) is 7.11 Å². The van der Waals surface area contributed by atoms with Gasteiger partial charge in [-0.3, -0.25) is 0 Å². The SMILES string of the molecule is COCc1cccc(-n2cc(CNC3CC3)nn2)c1. The van der Waals surface area contributed by atoms with E-state index < -0.39 is 0 Å². The van der Waals surface area contributed by atoms with E-state index >= 15 is 0 Å². The molecule has 1 aromatic heterocycles. The topological polar surface area (TPSA) is 52.0 Å². The molecule has 1 N–H and O–H groups in total. The van der Waals surface area contributed by atoms with E-state index in [1.54, 1.807) is 7.11 Å². The lowest BCUT2D eigenvalue weighted by molar-refractivity contribution is 0.185. The summed E-state index contributed by atoms with van der Waals surface area (Å²) in [5.74, 6) is 0. The monoisotopic (exact) mass is 258 g/mol. The van der Waals surface area contributed by atoms with Crippen molar-refractivity contribution in [1.29, 1.82) is 0 Å². The zero-order chi connectivity index (χ0) is 13.1. The first kappa shape index (κ1) is 12.3. The average Bonchev–Trinajstić information content (AvgIpc) is 3.14. The van der Waals surface area contributed by atoms with E-state index in [4.69, 9.17) is 4.74 Å². The van der Waals surface area contributed by atoms with Crippen LogP contribution in [0.25, 0.3) is 5.69 Å². The van der Waals surface area contributed by atoms with Crippen molar-refractivity contribution < 1.29 is 4.74 Å². The van der Waals surface area contributed by atoms with Crippen LogP contribution < -0.4 is 5.32 Å². The molecular formula is C14H18N4O. The third kappa shape index (κ3) is 3.19. The number of methoxy groups -OCH3 is 1. The Labute approximate surface area is 112 Å². The number of hydrogen-bond acceptors (Lipinski definition) is 4. The molecule has 0 unspecified atom stereocenters. The summed E-state index contributed by atoms with van der Waals surface area (Å²) in [7, 11) is 1.70. The van der Waals surface area contributed by atoms with Crippen molar-refractivity contribution >= 4 is 0 Å². The van der Waals surface area contributed by atoms with Gasteiger partial charge in [0.15, 0.2) is 0 Å². The van der Waals surface area contributed by atoms with Crippen LogP contribution in [-0.2, 0) is 17.9 Å². The predicted molar refractivity (Wildman–Crippen MR) is 71.9 cm³/mol. The summed E-state index contributed by atoms with van der Waals surface area (Å²) < 4.78 is 6.95. The number of hydrogen-bond donors (Lipinski definition) is 1. The minimum absolute atomic E-state index is 0.610. The summed E-state index contributed by atoms with van der Waals surface area (Å²) in [4.78, 5) is 0. The number of aromatic nitrogens is 3. The van der Waals surface area contributed by atoms with E-state index in [1.807, 2.05) is 29.1 Å². The summed E-state index contributed by atoms with van der Waals surface area (Å²) in [5.41, 5.74) is 3.12. The number of benzene rings is 1. The van der Waals surface area contributed by atoms with E-state index in [-0.39, 0.29) is 0 Å². The summed E-state index contributed by atoms with van der Waals surface area (Å²) in [6.07, 6.45) is 4.54. The maximum absolute atomic E-state index is 5.14. The van der Waals surface area contributed by atoms with Gasteiger partial charge in [-0.2, -0.15) is 0 Å². The van der Waals surface area contributed by atoms with E-state index in [2.05, 4.69) is 21.7 Å². The van der Waals surface area contributed by atoms with Crippen molar-refractivity contribution in [2.24, 2.45) is 0 Å². The van der Waals surface area contributed by atoms with Crippen LogP contribution in [-0.4, -0.2) is 28.1 Å². The van der Waals surface area contributed by atoms with Gasteiger partial charge in [-0.15, -0.1) is 5.10 Å². The minimum Gasteiger partial charge on any atom is -0.380 e. The highest BCUT2D eigenvalue weighted by Gasteiger charge is 2.20. The Morgan fingerprint density at radius 1 is 1.42 bits per heavy atom. The van der Waals surface area contributed by atoms with Crippen molar-refractivity contribution in [3.05, 3.63) is 41.7 Å². The molecule has 3 rings (SSSR count). The maximum atomic E-state index is 5.14. The second-order valence-electron chi connectivity index (χ2n) is 4.91. The molecule has 1 fully saturated rings. The molecule has 1 aromatic carbocycles. The Morgan fingerprint density at radius 2 is 2.32 bits per heavy atom. The quantitative estimate of drug-likeness (QED) is 0.856. The summed E-state index contributed by atoms with van der Waals surface area (Å²) >= 11 is 0. The van der Waals surface area contributed by atoms with Crippen LogP contribution in [0.15, 0.2) is 30.5 Å². The van der Waals surface area contributed by atoms with Crippen LogP contribution >= 0.6 is 0 Å². The molecule has 1 saturated carbocycles. The highest BCUT2D eigenvalue weighted by molar-refractivity contribution is 5.34. The van der Waals surface area contributed by atoms with E-state index in [0.29, 0.717) is 12.6 Å². The second kappa shape index (κ2) is 5.50. The third-order valence-electron chi connectivity index (χ3n) is 3.18. The molecule has 0 saturated heterocycles. The Kier molecular flexibility index (Phi) is 3.57. The molecule has 1 heterocycles. The number of ether oxygens (including phenoxy) is 1. The molecule has 1 aliphatic rings. The van der Waals surface area contributed by atoms with Gasteiger partial charge in [0.1, 0.15) is 0 Å². The van der Waals surface area contributed by atoms with Gasteiger partial charge in [0.05, 0.1) is 24.2 Å². The third-order valence-corrected chi connectivity index (χ3v) is 3.18. The normalized spacial score (nSPS) is 14.8. The van der Waals surface area contributed by atoms with Crippen LogP contribution in [0, 0.1) is 0 Å². The molecule has 0 spiro atoms. The first-order chi connectivity index (χ1) is 9.35. The van der Waals surface area contributed by atoms with E-state index in [1.165, 1.54) is 12.8 Å². The zero-order valence-corrected chi connectivity index (χ0v) is 11.0. The van der Waals surface area contributed by atoms with Crippen molar-refractivity contribution in [3.8, 4) is 5.69 Å². The van der Waals surface area contributed by atoms with Crippen molar-refractivity contribution in [2.45, 2.75) is 32.0 Å². The fourth-order valence-corrected chi connectivity index (χ4v) is 2.00. The lowest BCUT2D eigenvalue weighted by Crippen LogP contribution is -2.15. The molecule has 0 bridgehead atoms. The van der Waals surface area contributed by atoms with Crippen LogP contribution in [0.5, 0.6) is 0 Å². The average molecular weight is 258 g/mol.